The predicted octanol–water partition coefficient (Wildman–Crippen LogP) is -0.855. The van der Waals surface area contributed by atoms with Gasteiger partial charge in [-0.15, -0.1) is 0 Å². The van der Waals surface area contributed by atoms with E-state index in [2.05, 4.69) is 4.74 Å². The van der Waals surface area contributed by atoms with Crippen LogP contribution in [-0.2, 0) is 24.3 Å². The van der Waals surface area contributed by atoms with Gasteiger partial charge in [-0.05, 0) is 0 Å². The van der Waals surface area contributed by atoms with Crippen LogP contribution in [0.5, 0.6) is 0 Å². The van der Waals surface area contributed by atoms with Gasteiger partial charge in [0.05, 0.1) is 13.5 Å². The molecule has 0 saturated heterocycles. The van der Waals surface area contributed by atoms with Crippen molar-refractivity contribution in [3.8, 4) is 0 Å². The highest BCUT2D eigenvalue weighted by atomic mass is 32.2. The molecule has 0 aliphatic heterocycles. The number of rotatable bonds is 6. The molecule has 0 aliphatic rings. The number of halogens is 2. The highest BCUT2D eigenvalue weighted by molar-refractivity contribution is 7.89. The molecule has 16 heavy (non-hydrogen) atoms. The van der Waals surface area contributed by atoms with Crippen LogP contribution in [0.15, 0.2) is 0 Å². The fourth-order valence-electron chi connectivity index (χ4n) is 0.679. The Morgan fingerprint density at radius 3 is 2.25 bits per heavy atom. The highest BCUT2D eigenvalue weighted by Crippen LogP contribution is 2.05. The van der Waals surface area contributed by atoms with Crippen LogP contribution in [-0.4, -0.2) is 44.4 Å². The number of carboxylic acid groups (broad SMARTS) is 1. The third kappa shape index (κ3) is 4.49. The molecule has 7 nitrogen and oxygen atoms in total. The van der Waals surface area contributed by atoms with Gasteiger partial charge in [-0.25, -0.2) is 8.42 Å². The molecule has 94 valence electrons. The fourth-order valence-corrected chi connectivity index (χ4v) is 1.36. The Morgan fingerprint density at radius 1 is 1.44 bits per heavy atom. The Morgan fingerprint density at radius 2 is 1.94 bits per heavy atom. The van der Waals surface area contributed by atoms with Gasteiger partial charge < -0.3 is 9.84 Å². The molecule has 0 heterocycles. The van der Waals surface area contributed by atoms with E-state index in [0.717, 1.165) is 7.11 Å². The number of nitrogens with one attached hydrogen (secondary N) is 1. The van der Waals surface area contributed by atoms with Crippen LogP contribution in [0.2, 0.25) is 0 Å². The number of methoxy groups -OCH3 is 1. The largest absolute Gasteiger partial charge is 0.480 e. The van der Waals surface area contributed by atoms with E-state index in [9.17, 15) is 26.8 Å². The third-order valence-electron chi connectivity index (χ3n) is 1.44. The third-order valence-corrected chi connectivity index (χ3v) is 2.52. The first-order chi connectivity index (χ1) is 7.20. The molecular weight excluding hydrogens is 252 g/mol. The average molecular weight is 261 g/mol. The zero-order chi connectivity index (χ0) is 12.9. The maximum Gasteiger partial charge on any atom is 0.350 e. The SMILES string of the molecule is COC(=O)C[C@H](NS(=O)(=O)C(F)F)C(=O)O. The molecule has 0 aromatic carbocycles. The summed E-state index contributed by atoms with van der Waals surface area (Å²) in [4.78, 5) is 21.1. The summed E-state index contributed by atoms with van der Waals surface area (Å²) < 4.78 is 50.3. The molecule has 0 aromatic rings. The van der Waals surface area contributed by atoms with E-state index in [1.165, 1.54) is 4.72 Å². The Hall–Kier alpha value is -1.29. The Bertz CT molecular complexity index is 367. The van der Waals surface area contributed by atoms with Crippen molar-refractivity contribution in [2.45, 2.75) is 18.2 Å². The molecule has 0 aliphatic carbocycles. The summed E-state index contributed by atoms with van der Waals surface area (Å²) in [6, 6.07) is -1.98. The standard InChI is InChI=1S/C6H9F2NO6S/c1-15-4(10)2-3(5(11)12)9-16(13,14)6(7)8/h3,6,9H,2H2,1H3,(H,11,12)/t3-/m0/s1. The van der Waals surface area contributed by atoms with Crippen LogP contribution in [0.4, 0.5) is 8.78 Å². The second-order valence-corrected chi connectivity index (χ2v) is 4.28. The lowest BCUT2D eigenvalue weighted by atomic mass is 10.2. The Labute approximate surface area is 89.4 Å². The minimum atomic E-state index is -5.07. The molecule has 2 N–H and O–H groups in total. The lowest BCUT2D eigenvalue weighted by Crippen LogP contribution is -2.44. The van der Waals surface area contributed by atoms with Gasteiger partial charge in [0.15, 0.2) is 0 Å². The highest BCUT2D eigenvalue weighted by Gasteiger charge is 2.32. The van der Waals surface area contributed by atoms with E-state index in [1.54, 1.807) is 0 Å². The zero-order valence-electron chi connectivity index (χ0n) is 8.01. The monoisotopic (exact) mass is 261 g/mol. The van der Waals surface area contributed by atoms with E-state index in [0.29, 0.717) is 0 Å². The molecule has 0 bridgehead atoms. The summed E-state index contributed by atoms with van der Waals surface area (Å²) in [7, 11) is -4.12. The number of aliphatic carboxylic acids is 1. The van der Waals surface area contributed by atoms with Crippen LogP contribution < -0.4 is 4.72 Å². The van der Waals surface area contributed by atoms with Crippen LogP contribution in [0.1, 0.15) is 6.42 Å². The van der Waals surface area contributed by atoms with Crippen molar-refractivity contribution in [2.75, 3.05) is 7.11 Å². The van der Waals surface area contributed by atoms with E-state index in [4.69, 9.17) is 5.11 Å². The number of hydrogen-bond acceptors (Lipinski definition) is 5. The molecule has 0 unspecified atom stereocenters. The summed E-state index contributed by atoms with van der Waals surface area (Å²) in [5, 5.41) is 8.48. The molecule has 0 radical (unpaired) electrons. The first-order valence-electron chi connectivity index (χ1n) is 3.79. The second kappa shape index (κ2) is 5.70. The van der Waals surface area contributed by atoms with Gasteiger partial charge in [0.25, 0.3) is 10.0 Å². The van der Waals surface area contributed by atoms with Gasteiger partial charge >= 0.3 is 17.7 Å². The van der Waals surface area contributed by atoms with Gasteiger partial charge in [-0.2, -0.15) is 13.5 Å². The van der Waals surface area contributed by atoms with Gasteiger partial charge in [-0.1, -0.05) is 0 Å². The van der Waals surface area contributed by atoms with E-state index in [-0.39, 0.29) is 0 Å². The number of alkyl halides is 2. The van der Waals surface area contributed by atoms with Crippen molar-refractivity contribution in [2.24, 2.45) is 0 Å². The van der Waals surface area contributed by atoms with Crippen molar-refractivity contribution < 1.29 is 36.6 Å². The molecule has 0 amide bonds. The molecular formula is C6H9F2NO6S. The van der Waals surface area contributed by atoms with Gasteiger partial charge in [0, 0.05) is 0 Å². The van der Waals surface area contributed by atoms with Crippen molar-refractivity contribution in [3.05, 3.63) is 0 Å². The van der Waals surface area contributed by atoms with Gasteiger partial charge in [0.2, 0.25) is 0 Å². The Balaban J connectivity index is 4.72. The Kier molecular flexibility index (Phi) is 5.24. The summed E-state index contributed by atoms with van der Waals surface area (Å²) in [5.74, 6) is -6.56. The minimum Gasteiger partial charge on any atom is -0.480 e. The van der Waals surface area contributed by atoms with Crippen LogP contribution >= 0.6 is 0 Å². The molecule has 1 atom stereocenters. The molecule has 0 aromatic heterocycles. The fraction of sp³-hybridized carbons (Fsp3) is 0.667. The average Bonchev–Trinajstić information content (AvgIpc) is 2.15. The number of carboxylic acids is 1. The quantitative estimate of drug-likeness (QED) is 0.602. The van der Waals surface area contributed by atoms with E-state index in [1.807, 2.05) is 0 Å². The topological polar surface area (TPSA) is 110 Å². The lowest BCUT2D eigenvalue weighted by Gasteiger charge is -2.12. The van der Waals surface area contributed by atoms with Crippen molar-refractivity contribution in [3.63, 3.8) is 0 Å². The first kappa shape index (κ1) is 14.7. The van der Waals surface area contributed by atoms with Crippen molar-refractivity contribution in [1.29, 1.82) is 0 Å². The molecule has 10 heteroatoms. The lowest BCUT2D eigenvalue weighted by molar-refractivity contribution is -0.147. The van der Waals surface area contributed by atoms with E-state index < -0.39 is 40.2 Å². The van der Waals surface area contributed by atoms with Crippen molar-refractivity contribution >= 4 is 22.0 Å². The van der Waals surface area contributed by atoms with Gasteiger partial charge in [0.1, 0.15) is 6.04 Å². The van der Waals surface area contributed by atoms with Crippen molar-refractivity contribution in [1.82, 2.24) is 4.72 Å². The summed E-state index contributed by atoms with van der Waals surface area (Å²) >= 11 is 0. The number of carbonyl (C=O) groups excluding carboxylic acids is 1. The predicted molar refractivity (Wildman–Crippen MR) is 46.1 cm³/mol. The molecule has 0 spiro atoms. The summed E-state index contributed by atoms with van der Waals surface area (Å²) in [5.41, 5.74) is 0. The summed E-state index contributed by atoms with van der Waals surface area (Å²) in [6.07, 6.45) is -0.877. The smallest absolute Gasteiger partial charge is 0.350 e. The maximum absolute atomic E-state index is 11.9. The number of sulfonamides is 1. The van der Waals surface area contributed by atoms with Crippen LogP contribution in [0.25, 0.3) is 0 Å². The summed E-state index contributed by atoms with van der Waals surface area (Å²) in [6.45, 7) is 0. The van der Waals surface area contributed by atoms with Crippen LogP contribution in [0.3, 0.4) is 0 Å². The molecule has 0 saturated carbocycles. The second-order valence-electron chi connectivity index (χ2n) is 2.59. The maximum atomic E-state index is 11.9. The number of esters is 1. The normalized spacial score (nSPS) is 13.5. The first-order valence-corrected chi connectivity index (χ1v) is 5.34. The molecule has 0 rings (SSSR count). The minimum absolute atomic E-state index is 0.877. The number of carbonyl (C=O) groups is 2. The number of ether oxygens (including phenoxy) is 1. The van der Waals surface area contributed by atoms with Crippen LogP contribution in [0, 0.1) is 0 Å². The van der Waals surface area contributed by atoms with E-state index >= 15 is 0 Å². The zero-order valence-corrected chi connectivity index (χ0v) is 8.83. The van der Waals surface area contributed by atoms with Gasteiger partial charge in [-0.3, -0.25) is 9.59 Å². The molecule has 0 fully saturated rings. The number of hydrogen-bond donors (Lipinski definition) is 2.